The summed E-state index contributed by atoms with van der Waals surface area (Å²) in [5.41, 5.74) is 1.87. The second-order valence-corrected chi connectivity index (χ2v) is 5.49. The molecule has 0 radical (unpaired) electrons. The van der Waals surface area contributed by atoms with Crippen LogP contribution < -0.4 is 19.5 Å². The van der Waals surface area contributed by atoms with Crippen molar-refractivity contribution in [2.75, 3.05) is 13.2 Å². The van der Waals surface area contributed by atoms with Gasteiger partial charge in [-0.25, -0.2) is 0 Å². The SMILES string of the molecule is CC(NCc1cccc2c1OCCO2)c1cccc(OC(F)F)c1. The van der Waals surface area contributed by atoms with Crippen LogP contribution in [0.4, 0.5) is 8.78 Å². The normalized spacial score (nSPS) is 14.5. The molecule has 0 spiro atoms. The summed E-state index contributed by atoms with van der Waals surface area (Å²) in [4.78, 5) is 0. The molecule has 1 unspecified atom stereocenters. The minimum Gasteiger partial charge on any atom is -0.486 e. The van der Waals surface area contributed by atoms with Gasteiger partial charge in [0.2, 0.25) is 0 Å². The van der Waals surface area contributed by atoms with E-state index in [1.807, 2.05) is 31.2 Å². The van der Waals surface area contributed by atoms with Crippen molar-refractivity contribution >= 4 is 0 Å². The number of alkyl halides is 2. The molecule has 1 atom stereocenters. The maximum atomic E-state index is 12.3. The van der Waals surface area contributed by atoms with Gasteiger partial charge in [0.05, 0.1) is 0 Å². The topological polar surface area (TPSA) is 39.7 Å². The van der Waals surface area contributed by atoms with Crippen LogP contribution in [0.2, 0.25) is 0 Å². The molecule has 24 heavy (non-hydrogen) atoms. The number of benzene rings is 2. The van der Waals surface area contributed by atoms with Crippen molar-refractivity contribution in [1.29, 1.82) is 0 Å². The first-order valence-electron chi connectivity index (χ1n) is 7.79. The summed E-state index contributed by atoms with van der Waals surface area (Å²) in [5, 5.41) is 3.37. The summed E-state index contributed by atoms with van der Waals surface area (Å²) in [6.07, 6.45) is 0. The van der Waals surface area contributed by atoms with Crippen LogP contribution >= 0.6 is 0 Å². The molecule has 0 aromatic heterocycles. The van der Waals surface area contributed by atoms with Crippen molar-refractivity contribution in [3.63, 3.8) is 0 Å². The Hall–Kier alpha value is -2.34. The largest absolute Gasteiger partial charge is 0.486 e. The molecule has 0 saturated carbocycles. The summed E-state index contributed by atoms with van der Waals surface area (Å²) in [6.45, 7) is 0.808. The molecule has 3 rings (SSSR count). The molecular formula is C18H19F2NO3. The zero-order valence-electron chi connectivity index (χ0n) is 13.3. The monoisotopic (exact) mass is 335 g/mol. The maximum Gasteiger partial charge on any atom is 0.387 e. The second-order valence-electron chi connectivity index (χ2n) is 5.49. The molecule has 4 nitrogen and oxygen atoms in total. The van der Waals surface area contributed by atoms with Gasteiger partial charge in [-0.15, -0.1) is 0 Å². The molecule has 1 N–H and O–H groups in total. The van der Waals surface area contributed by atoms with E-state index < -0.39 is 6.61 Å². The van der Waals surface area contributed by atoms with Crippen molar-refractivity contribution in [3.8, 4) is 17.2 Å². The van der Waals surface area contributed by atoms with Crippen LogP contribution in [-0.4, -0.2) is 19.8 Å². The van der Waals surface area contributed by atoms with E-state index in [2.05, 4.69) is 10.1 Å². The zero-order chi connectivity index (χ0) is 16.9. The number of para-hydroxylation sites is 1. The van der Waals surface area contributed by atoms with E-state index in [-0.39, 0.29) is 11.8 Å². The van der Waals surface area contributed by atoms with Gasteiger partial charge in [0, 0.05) is 18.2 Å². The molecule has 6 heteroatoms. The molecule has 2 aromatic carbocycles. The third-order valence-corrected chi connectivity index (χ3v) is 3.83. The van der Waals surface area contributed by atoms with E-state index >= 15 is 0 Å². The standard InChI is InChI=1S/C18H19F2NO3/c1-12(13-4-2-6-15(10-13)24-18(19)20)21-11-14-5-3-7-16-17(14)23-9-8-22-16/h2-7,10,12,18,21H,8-9,11H2,1H3. The maximum absolute atomic E-state index is 12.3. The van der Waals surface area contributed by atoms with Gasteiger partial charge in [-0.05, 0) is 30.7 Å². The molecule has 1 heterocycles. The van der Waals surface area contributed by atoms with Gasteiger partial charge in [0.1, 0.15) is 19.0 Å². The van der Waals surface area contributed by atoms with Gasteiger partial charge in [-0.2, -0.15) is 8.78 Å². The summed E-state index contributed by atoms with van der Waals surface area (Å²) in [7, 11) is 0. The fourth-order valence-electron chi connectivity index (χ4n) is 2.61. The number of nitrogens with one attached hydrogen (secondary N) is 1. The average Bonchev–Trinajstić information content (AvgIpc) is 2.59. The number of halogens is 2. The highest BCUT2D eigenvalue weighted by Crippen LogP contribution is 2.33. The molecule has 128 valence electrons. The Morgan fingerprint density at radius 1 is 1.12 bits per heavy atom. The predicted octanol–water partition coefficient (Wildman–Crippen LogP) is 3.91. The molecule has 0 aliphatic carbocycles. The summed E-state index contributed by atoms with van der Waals surface area (Å²) >= 11 is 0. The minimum atomic E-state index is -2.82. The molecule has 1 aliphatic rings. The van der Waals surface area contributed by atoms with Crippen LogP contribution in [-0.2, 0) is 6.54 Å². The van der Waals surface area contributed by atoms with Crippen LogP contribution in [0.15, 0.2) is 42.5 Å². The van der Waals surface area contributed by atoms with Crippen molar-refractivity contribution < 1.29 is 23.0 Å². The number of hydrogen-bond acceptors (Lipinski definition) is 4. The smallest absolute Gasteiger partial charge is 0.387 e. The van der Waals surface area contributed by atoms with E-state index in [4.69, 9.17) is 9.47 Å². The second kappa shape index (κ2) is 7.49. The fraction of sp³-hybridized carbons (Fsp3) is 0.333. The average molecular weight is 335 g/mol. The molecule has 0 saturated heterocycles. The lowest BCUT2D eigenvalue weighted by Crippen LogP contribution is -2.21. The Labute approximate surface area is 139 Å². The Balaban J connectivity index is 1.67. The lowest BCUT2D eigenvalue weighted by Gasteiger charge is -2.22. The van der Waals surface area contributed by atoms with Crippen LogP contribution in [0.1, 0.15) is 24.1 Å². The van der Waals surface area contributed by atoms with E-state index in [9.17, 15) is 8.78 Å². The zero-order valence-corrected chi connectivity index (χ0v) is 13.3. The first-order valence-corrected chi connectivity index (χ1v) is 7.79. The number of rotatable bonds is 6. The molecule has 2 aromatic rings. The summed E-state index contributed by atoms with van der Waals surface area (Å²) in [6, 6.07) is 12.4. The van der Waals surface area contributed by atoms with Crippen molar-refractivity contribution in [3.05, 3.63) is 53.6 Å². The number of ether oxygens (including phenoxy) is 3. The third-order valence-electron chi connectivity index (χ3n) is 3.83. The Kier molecular flexibility index (Phi) is 5.15. The summed E-state index contributed by atoms with van der Waals surface area (Å²) in [5.74, 6) is 1.67. The highest BCUT2D eigenvalue weighted by molar-refractivity contribution is 5.47. The Morgan fingerprint density at radius 3 is 2.75 bits per heavy atom. The minimum absolute atomic E-state index is 0.0356. The van der Waals surface area contributed by atoms with E-state index in [1.54, 1.807) is 12.1 Å². The fourth-order valence-corrected chi connectivity index (χ4v) is 2.61. The molecule has 0 amide bonds. The lowest BCUT2D eigenvalue weighted by atomic mass is 10.1. The summed E-state index contributed by atoms with van der Waals surface area (Å²) < 4.78 is 40.3. The first-order chi connectivity index (χ1) is 11.6. The lowest BCUT2D eigenvalue weighted by molar-refractivity contribution is -0.0499. The number of hydrogen-bond donors (Lipinski definition) is 1. The predicted molar refractivity (Wildman–Crippen MR) is 85.8 cm³/mol. The Morgan fingerprint density at radius 2 is 1.92 bits per heavy atom. The van der Waals surface area contributed by atoms with Gasteiger partial charge in [-0.3, -0.25) is 0 Å². The number of fused-ring (bicyclic) bond motifs is 1. The van der Waals surface area contributed by atoms with Crippen LogP contribution in [0.5, 0.6) is 17.2 Å². The molecular weight excluding hydrogens is 316 g/mol. The third kappa shape index (κ3) is 3.94. The highest BCUT2D eigenvalue weighted by Gasteiger charge is 2.16. The van der Waals surface area contributed by atoms with E-state index in [0.29, 0.717) is 19.8 Å². The van der Waals surface area contributed by atoms with Gasteiger partial charge in [0.15, 0.2) is 11.5 Å². The van der Waals surface area contributed by atoms with Crippen LogP contribution in [0.25, 0.3) is 0 Å². The molecule has 0 fully saturated rings. The van der Waals surface area contributed by atoms with E-state index in [0.717, 1.165) is 22.6 Å². The van der Waals surface area contributed by atoms with Gasteiger partial charge in [0.25, 0.3) is 0 Å². The van der Waals surface area contributed by atoms with Gasteiger partial charge in [-0.1, -0.05) is 24.3 Å². The first kappa shape index (κ1) is 16.5. The van der Waals surface area contributed by atoms with Gasteiger partial charge >= 0.3 is 6.61 Å². The molecule has 0 bridgehead atoms. The van der Waals surface area contributed by atoms with E-state index in [1.165, 1.54) is 6.07 Å². The van der Waals surface area contributed by atoms with Crippen LogP contribution in [0, 0.1) is 0 Å². The van der Waals surface area contributed by atoms with Crippen molar-refractivity contribution in [2.45, 2.75) is 26.1 Å². The molecule has 1 aliphatic heterocycles. The van der Waals surface area contributed by atoms with Gasteiger partial charge < -0.3 is 19.5 Å². The Bertz CT molecular complexity index is 694. The van der Waals surface area contributed by atoms with Crippen molar-refractivity contribution in [1.82, 2.24) is 5.32 Å². The highest BCUT2D eigenvalue weighted by atomic mass is 19.3. The van der Waals surface area contributed by atoms with Crippen LogP contribution in [0.3, 0.4) is 0 Å². The quantitative estimate of drug-likeness (QED) is 0.869. The van der Waals surface area contributed by atoms with Crippen molar-refractivity contribution in [2.24, 2.45) is 0 Å².